The molecule has 4 heteroatoms. The van der Waals surface area contributed by atoms with Gasteiger partial charge in [0, 0.05) is 24.5 Å². The predicted molar refractivity (Wildman–Crippen MR) is 91.5 cm³/mol. The molecule has 0 bridgehead atoms. The Hall–Kier alpha value is -0.450. The zero-order chi connectivity index (χ0) is 15.2. The third-order valence-electron chi connectivity index (χ3n) is 4.45. The number of nitrogens with zero attached hydrogens (tertiary/aromatic N) is 2. The van der Waals surface area contributed by atoms with Crippen molar-refractivity contribution in [2.24, 2.45) is 11.8 Å². The number of nitrogens with one attached hydrogen (secondary N) is 1. The highest BCUT2D eigenvalue weighted by Crippen LogP contribution is 2.25. The third kappa shape index (κ3) is 5.68. The Morgan fingerprint density at radius 2 is 2.10 bits per heavy atom. The average Bonchev–Trinajstić information content (AvgIpc) is 2.73. The van der Waals surface area contributed by atoms with Gasteiger partial charge in [0.05, 0.1) is 5.69 Å². The minimum absolute atomic E-state index is 0.524. The van der Waals surface area contributed by atoms with Crippen LogP contribution in [-0.4, -0.2) is 29.0 Å². The number of hydrogen-bond acceptors (Lipinski definition) is 4. The molecule has 0 radical (unpaired) electrons. The second-order valence-electron chi connectivity index (χ2n) is 6.98. The molecule has 3 nitrogen and oxygen atoms in total. The molecule has 1 aromatic heterocycles. The summed E-state index contributed by atoms with van der Waals surface area (Å²) in [6, 6.07) is 0.524. The molecule has 1 atom stereocenters. The molecular weight excluding hydrogens is 278 g/mol. The van der Waals surface area contributed by atoms with Crippen molar-refractivity contribution in [1.29, 1.82) is 0 Å². The largest absolute Gasteiger partial charge is 0.308 e. The van der Waals surface area contributed by atoms with E-state index in [1.807, 2.05) is 0 Å². The Labute approximate surface area is 134 Å². The van der Waals surface area contributed by atoms with Crippen LogP contribution in [-0.2, 0) is 13.1 Å². The van der Waals surface area contributed by atoms with Crippen LogP contribution in [0.2, 0.25) is 0 Å². The van der Waals surface area contributed by atoms with E-state index in [0.717, 1.165) is 24.9 Å². The summed E-state index contributed by atoms with van der Waals surface area (Å²) in [7, 11) is 0. The highest BCUT2D eigenvalue weighted by atomic mass is 32.1. The van der Waals surface area contributed by atoms with Gasteiger partial charge in [0.15, 0.2) is 0 Å². The van der Waals surface area contributed by atoms with Gasteiger partial charge in [-0.3, -0.25) is 4.90 Å². The Balaban J connectivity index is 1.81. The van der Waals surface area contributed by atoms with Crippen LogP contribution in [0.15, 0.2) is 5.38 Å². The Bertz CT molecular complexity index is 414. The topological polar surface area (TPSA) is 28.2 Å². The van der Waals surface area contributed by atoms with E-state index in [2.05, 4.69) is 43.3 Å². The van der Waals surface area contributed by atoms with E-state index in [-0.39, 0.29) is 0 Å². The molecule has 120 valence electrons. The molecule has 1 aromatic rings. The molecule has 0 saturated carbocycles. The van der Waals surface area contributed by atoms with Gasteiger partial charge in [-0.15, -0.1) is 11.3 Å². The normalized spacial score (nSPS) is 21.1. The minimum atomic E-state index is 0.524. The van der Waals surface area contributed by atoms with Crippen LogP contribution >= 0.6 is 11.3 Å². The van der Waals surface area contributed by atoms with Crippen molar-refractivity contribution in [1.82, 2.24) is 15.2 Å². The molecule has 1 N–H and O–H groups in total. The lowest BCUT2D eigenvalue weighted by Gasteiger charge is -2.20. The van der Waals surface area contributed by atoms with Crippen LogP contribution in [0.1, 0.15) is 57.7 Å². The van der Waals surface area contributed by atoms with Crippen molar-refractivity contribution in [3.63, 3.8) is 0 Å². The lowest BCUT2D eigenvalue weighted by atomic mass is 9.89. The van der Waals surface area contributed by atoms with Crippen LogP contribution in [0.5, 0.6) is 0 Å². The summed E-state index contributed by atoms with van der Waals surface area (Å²) in [6.45, 7) is 13.5. The van der Waals surface area contributed by atoms with Crippen molar-refractivity contribution in [3.05, 3.63) is 16.1 Å². The summed E-state index contributed by atoms with van der Waals surface area (Å²) >= 11 is 1.79. The monoisotopic (exact) mass is 309 g/mol. The summed E-state index contributed by atoms with van der Waals surface area (Å²) in [4.78, 5) is 7.37. The van der Waals surface area contributed by atoms with E-state index in [9.17, 15) is 0 Å². The van der Waals surface area contributed by atoms with Crippen LogP contribution < -0.4 is 5.32 Å². The molecule has 1 fully saturated rings. The number of hydrogen-bond donors (Lipinski definition) is 1. The first-order chi connectivity index (χ1) is 10.0. The molecule has 2 heterocycles. The van der Waals surface area contributed by atoms with Crippen LogP contribution in [0.4, 0.5) is 0 Å². The van der Waals surface area contributed by atoms with Gasteiger partial charge in [0.1, 0.15) is 5.01 Å². The van der Waals surface area contributed by atoms with Crippen LogP contribution in [0.3, 0.4) is 0 Å². The first-order valence-electron chi connectivity index (χ1n) is 8.43. The average molecular weight is 310 g/mol. The Morgan fingerprint density at radius 3 is 2.81 bits per heavy atom. The minimum Gasteiger partial charge on any atom is -0.308 e. The fourth-order valence-corrected chi connectivity index (χ4v) is 3.77. The molecule has 0 aliphatic carbocycles. The van der Waals surface area contributed by atoms with Crippen LogP contribution in [0.25, 0.3) is 0 Å². The summed E-state index contributed by atoms with van der Waals surface area (Å²) in [5, 5.41) is 6.90. The van der Waals surface area contributed by atoms with Gasteiger partial charge in [-0.05, 0) is 44.2 Å². The summed E-state index contributed by atoms with van der Waals surface area (Å²) < 4.78 is 0. The van der Waals surface area contributed by atoms with Gasteiger partial charge < -0.3 is 5.32 Å². The first-order valence-corrected chi connectivity index (χ1v) is 9.31. The van der Waals surface area contributed by atoms with Gasteiger partial charge in [-0.25, -0.2) is 4.98 Å². The molecule has 0 spiro atoms. The molecule has 21 heavy (non-hydrogen) atoms. The molecule has 1 unspecified atom stereocenters. The SMILES string of the molecule is CC(C)NCc1nc(CN2CCCC(C(C)C)CC2)cs1. The quantitative estimate of drug-likeness (QED) is 0.864. The maximum absolute atomic E-state index is 4.78. The van der Waals surface area contributed by atoms with Crippen molar-refractivity contribution >= 4 is 11.3 Å². The predicted octanol–water partition coefficient (Wildman–Crippen LogP) is 3.90. The van der Waals surface area contributed by atoms with Crippen LogP contribution in [0, 0.1) is 11.8 Å². The zero-order valence-corrected chi connectivity index (χ0v) is 14.9. The summed E-state index contributed by atoms with van der Waals surface area (Å²) in [5.41, 5.74) is 1.25. The number of likely N-dealkylation sites (tertiary alicyclic amines) is 1. The van der Waals surface area contributed by atoms with E-state index in [4.69, 9.17) is 4.98 Å². The fraction of sp³-hybridized carbons (Fsp3) is 0.824. The number of rotatable bonds is 6. The maximum Gasteiger partial charge on any atom is 0.107 e. The molecule has 0 amide bonds. The molecular formula is C17H31N3S. The smallest absolute Gasteiger partial charge is 0.107 e. The summed E-state index contributed by atoms with van der Waals surface area (Å²) in [5.74, 6) is 1.74. The second-order valence-corrected chi connectivity index (χ2v) is 7.92. The van der Waals surface area contributed by atoms with Crippen molar-refractivity contribution in [2.45, 2.75) is 66.1 Å². The van der Waals surface area contributed by atoms with E-state index in [1.54, 1.807) is 11.3 Å². The lowest BCUT2D eigenvalue weighted by molar-refractivity contribution is 0.262. The van der Waals surface area contributed by atoms with E-state index in [0.29, 0.717) is 6.04 Å². The highest BCUT2D eigenvalue weighted by molar-refractivity contribution is 7.09. The highest BCUT2D eigenvalue weighted by Gasteiger charge is 2.20. The van der Waals surface area contributed by atoms with E-state index in [1.165, 1.54) is 43.1 Å². The van der Waals surface area contributed by atoms with Gasteiger partial charge in [0.25, 0.3) is 0 Å². The van der Waals surface area contributed by atoms with Gasteiger partial charge in [-0.1, -0.05) is 27.7 Å². The number of aromatic nitrogens is 1. The molecule has 1 saturated heterocycles. The van der Waals surface area contributed by atoms with Gasteiger partial charge in [0.2, 0.25) is 0 Å². The van der Waals surface area contributed by atoms with Crippen molar-refractivity contribution in [3.8, 4) is 0 Å². The van der Waals surface area contributed by atoms with E-state index >= 15 is 0 Å². The molecule has 1 aliphatic rings. The van der Waals surface area contributed by atoms with Gasteiger partial charge >= 0.3 is 0 Å². The molecule has 2 rings (SSSR count). The molecule has 0 aromatic carbocycles. The third-order valence-corrected chi connectivity index (χ3v) is 5.35. The standard InChI is InChI=1S/C17H31N3S/c1-13(2)15-6-5-8-20(9-7-15)11-16-12-21-17(19-16)10-18-14(3)4/h12-15,18H,5-11H2,1-4H3. The Morgan fingerprint density at radius 1 is 1.29 bits per heavy atom. The summed E-state index contributed by atoms with van der Waals surface area (Å²) in [6.07, 6.45) is 4.09. The lowest BCUT2D eigenvalue weighted by Crippen LogP contribution is -2.25. The zero-order valence-electron chi connectivity index (χ0n) is 14.1. The first kappa shape index (κ1) is 16.9. The fourth-order valence-electron chi connectivity index (χ4n) is 3.03. The van der Waals surface area contributed by atoms with E-state index < -0.39 is 0 Å². The Kier molecular flexibility index (Phi) is 6.65. The maximum atomic E-state index is 4.78. The van der Waals surface area contributed by atoms with Crippen molar-refractivity contribution in [2.75, 3.05) is 13.1 Å². The molecule has 1 aliphatic heterocycles. The van der Waals surface area contributed by atoms with Crippen molar-refractivity contribution < 1.29 is 0 Å². The second kappa shape index (κ2) is 8.25. The number of thiazole rings is 1. The van der Waals surface area contributed by atoms with Gasteiger partial charge in [-0.2, -0.15) is 0 Å².